The summed E-state index contributed by atoms with van der Waals surface area (Å²) in [6.45, 7) is 8.96. The smallest absolute Gasteiger partial charge is 0.240 e. The summed E-state index contributed by atoms with van der Waals surface area (Å²) in [5.74, 6) is 0.519. The Balaban J connectivity index is 0.00000220. The van der Waals surface area contributed by atoms with Crippen LogP contribution in [0.25, 0.3) is 0 Å². The summed E-state index contributed by atoms with van der Waals surface area (Å²) in [6.07, 6.45) is 1.02. The quantitative estimate of drug-likeness (QED) is 0.912. The molecule has 1 saturated heterocycles. The number of rotatable bonds is 2. The molecule has 1 amide bonds. The first-order valence-electron chi connectivity index (χ1n) is 7.41. The van der Waals surface area contributed by atoms with E-state index < -0.39 is 6.04 Å². The minimum Gasteiger partial charge on any atom is -0.338 e. The van der Waals surface area contributed by atoms with Gasteiger partial charge < -0.3 is 10.6 Å². The van der Waals surface area contributed by atoms with Gasteiger partial charge in [0.25, 0.3) is 0 Å². The third kappa shape index (κ3) is 3.98. The molecule has 1 aliphatic rings. The minimum atomic E-state index is -0.431. The van der Waals surface area contributed by atoms with Crippen LogP contribution in [-0.4, -0.2) is 29.4 Å². The molecule has 0 aliphatic carbocycles. The Morgan fingerprint density at radius 1 is 1.29 bits per heavy atom. The van der Waals surface area contributed by atoms with Crippen molar-refractivity contribution in [3.63, 3.8) is 0 Å². The third-order valence-electron chi connectivity index (χ3n) is 4.33. The molecule has 118 valence electrons. The summed E-state index contributed by atoms with van der Waals surface area (Å²) in [4.78, 5) is 14.5. The molecule has 1 aromatic carbocycles. The van der Waals surface area contributed by atoms with Crippen LogP contribution in [0.3, 0.4) is 0 Å². The Bertz CT molecular complexity index is 469. The summed E-state index contributed by atoms with van der Waals surface area (Å²) in [7, 11) is 0. The number of hydrogen-bond donors (Lipinski definition) is 1. The van der Waals surface area contributed by atoms with Gasteiger partial charge >= 0.3 is 0 Å². The van der Waals surface area contributed by atoms with Gasteiger partial charge in [-0.05, 0) is 24.3 Å². The van der Waals surface area contributed by atoms with Crippen LogP contribution in [0.15, 0.2) is 30.3 Å². The molecule has 1 fully saturated rings. The highest BCUT2D eigenvalue weighted by molar-refractivity contribution is 5.85. The lowest BCUT2D eigenvalue weighted by Crippen LogP contribution is -2.51. The van der Waals surface area contributed by atoms with E-state index in [1.165, 1.54) is 5.56 Å². The SMILES string of the molecule is CC1CC(c2ccccc2)CN1C(=O)[C@@H](N)C(C)(C)C.Cl. The number of likely N-dealkylation sites (tertiary alicyclic amines) is 1. The predicted molar refractivity (Wildman–Crippen MR) is 89.7 cm³/mol. The van der Waals surface area contributed by atoms with Crippen molar-refractivity contribution in [3.05, 3.63) is 35.9 Å². The van der Waals surface area contributed by atoms with Gasteiger partial charge in [-0.2, -0.15) is 0 Å². The van der Waals surface area contributed by atoms with Crippen LogP contribution < -0.4 is 5.73 Å². The lowest BCUT2D eigenvalue weighted by Gasteiger charge is -2.32. The zero-order valence-electron chi connectivity index (χ0n) is 13.4. The van der Waals surface area contributed by atoms with Crippen molar-refractivity contribution in [2.24, 2.45) is 11.1 Å². The van der Waals surface area contributed by atoms with E-state index in [4.69, 9.17) is 5.73 Å². The molecule has 2 N–H and O–H groups in total. The van der Waals surface area contributed by atoms with E-state index in [1.807, 2.05) is 31.7 Å². The molecular weight excluding hydrogens is 284 g/mol. The maximum atomic E-state index is 12.6. The highest BCUT2D eigenvalue weighted by Gasteiger charge is 2.38. The van der Waals surface area contributed by atoms with Crippen molar-refractivity contribution in [2.75, 3.05) is 6.54 Å². The van der Waals surface area contributed by atoms with Crippen LogP contribution in [0.5, 0.6) is 0 Å². The van der Waals surface area contributed by atoms with Gasteiger partial charge in [0, 0.05) is 18.5 Å². The topological polar surface area (TPSA) is 46.3 Å². The zero-order valence-corrected chi connectivity index (χ0v) is 14.2. The van der Waals surface area contributed by atoms with Crippen LogP contribution >= 0.6 is 12.4 Å². The van der Waals surface area contributed by atoms with E-state index >= 15 is 0 Å². The number of nitrogens with two attached hydrogens (primary N) is 1. The highest BCUT2D eigenvalue weighted by Crippen LogP contribution is 2.33. The molecule has 1 heterocycles. The van der Waals surface area contributed by atoms with Crippen LogP contribution in [0.2, 0.25) is 0 Å². The fourth-order valence-electron chi connectivity index (χ4n) is 2.85. The molecule has 4 heteroatoms. The standard InChI is InChI=1S/C17H26N2O.ClH/c1-12-10-14(13-8-6-5-7-9-13)11-19(12)16(20)15(18)17(2,3)4;/h5-9,12,14-15H,10-11,18H2,1-4H3;1H/t12?,14?,15-;/m1./s1. The molecular formula is C17H27ClN2O. The normalized spacial score (nSPS) is 23.6. The van der Waals surface area contributed by atoms with Crippen molar-refractivity contribution < 1.29 is 4.79 Å². The monoisotopic (exact) mass is 310 g/mol. The molecule has 2 rings (SSSR count). The summed E-state index contributed by atoms with van der Waals surface area (Å²) in [6, 6.07) is 10.3. The average molecular weight is 311 g/mol. The van der Waals surface area contributed by atoms with Gasteiger partial charge in [0.2, 0.25) is 5.91 Å². The van der Waals surface area contributed by atoms with Crippen LogP contribution in [0, 0.1) is 5.41 Å². The average Bonchev–Trinajstić information content (AvgIpc) is 2.79. The van der Waals surface area contributed by atoms with Crippen LogP contribution in [-0.2, 0) is 4.79 Å². The fraction of sp³-hybridized carbons (Fsp3) is 0.588. The number of nitrogens with zero attached hydrogens (tertiary/aromatic N) is 1. The molecule has 1 aliphatic heterocycles. The molecule has 1 aromatic rings. The lowest BCUT2D eigenvalue weighted by atomic mass is 9.86. The Morgan fingerprint density at radius 3 is 2.38 bits per heavy atom. The third-order valence-corrected chi connectivity index (χ3v) is 4.33. The number of amides is 1. The number of carbonyl (C=O) groups is 1. The predicted octanol–water partition coefficient (Wildman–Crippen LogP) is 3.19. The molecule has 3 nitrogen and oxygen atoms in total. The van der Waals surface area contributed by atoms with Crippen LogP contribution in [0.1, 0.15) is 45.6 Å². The van der Waals surface area contributed by atoms with Crippen molar-refractivity contribution >= 4 is 18.3 Å². The van der Waals surface area contributed by atoms with Crippen molar-refractivity contribution in [1.82, 2.24) is 4.90 Å². The lowest BCUT2D eigenvalue weighted by molar-refractivity contribution is -0.135. The van der Waals surface area contributed by atoms with Crippen molar-refractivity contribution in [1.29, 1.82) is 0 Å². The molecule has 21 heavy (non-hydrogen) atoms. The van der Waals surface area contributed by atoms with E-state index in [2.05, 4.69) is 31.2 Å². The van der Waals surface area contributed by atoms with Gasteiger partial charge in [0.05, 0.1) is 6.04 Å². The second kappa shape index (κ2) is 6.80. The summed E-state index contributed by atoms with van der Waals surface area (Å²) in [5, 5.41) is 0. The second-order valence-electron chi connectivity index (χ2n) is 7.03. The molecule has 0 bridgehead atoms. The Kier molecular flexibility index (Phi) is 5.83. The number of carbonyl (C=O) groups excluding carboxylic acids is 1. The van der Waals surface area contributed by atoms with E-state index in [0.29, 0.717) is 5.92 Å². The van der Waals surface area contributed by atoms with E-state index in [9.17, 15) is 4.79 Å². The maximum Gasteiger partial charge on any atom is 0.240 e. The van der Waals surface area contributed by atoms with Gasteiger partial charge in [0.1, 0.15) is 0 Å². The Labute approximate surface area is 134 Å². The van der Waals surface area contributed by atoms with Crippen molar-refractivity contribution in [3.8, 4) is 0 Å². The van der Waals surface area contributed by atoms with Gasteiger partial charge in [-0.1, -0.05) is 51.1 Å². The number of halogens is 1. The van der Waals surface area contributed by atoms with E-state index in [0.717, 1.165) is 13.0 Å². The van der Waals surface area contributed by atoms with E-state index in [1.54, 1.807) is 0 Å². The second-order valence-corrected chi connectivity index (χ2v) is 7.03. The van der Waals surface area contributed by atoms with Gasteiger partial charge in [0.15, 0.2) is 0 Å². The van der Waals surface area contributed by atoms with E-state index in [-0.39, 0.29) is 29.8 Å². The molecule has 0 aromatic heterocycles. The summed E-state index contributed by atoms with van der Waals surface area (Å²) >= 11 is 0. The molecule has 0 spiro atoms. The first-order chi connectivity index (χ1) is 9.30. The fourth-order valence-corrected chi connectivity index (χ4v) is 2.85. The number of benzene rings is 1. The van der Waals surface area contributed by atoms with Crippen LogP contribution in [0.4, 0.5) is 0 Å². The Hall–Kier alpha value is -1.06. The maximum absolute atomic E-state index is 12.6. The highest BCUT2D eigenvalue weighted by atomic mass is 35.5. The minimum absolute atomic E-state index is 0. The first kappa shape index (κ1) is 18.0. The Morgan fingerprint density at radius 2 is 1.86 bits per heavy atom. The molecule has 0 saturated carbocycles. The van der Waals surface area contributed by atoms with Gasteiger partial charge in [-0.3, -0.25) is 4.79 Å². The zero-order chi connectivity index (χ0) is 14.9. The van der Waals surface area contributed by atoms with Gasteiger partial charge in [-0.15, -0.1) is 12.4 Å². The van der Waals surface area contributed by atoms with Gasteiger partial charge in [-0.25, -0.2) is 0 Å². The van der Waals surface area contributed by atoms with Crippen molar-refractivity contribution in [2.45, 2.75) is 52.1 Å². The largest absolute Gasteiger partial charge is 0.338 e. The summed E-state index contributed by atoms with van der Waals surface area (Å²) in [5.41, 5.74) is 7.25. The first-order valence-corrected chi connectivity index (χ1v) is 7.41. The number of hydrogen-bond acceptors (Lipinski definition) is 2. The molecule has 2 unspecified atom stereocenters. The molecule has 3 atom stereocenters. The molecule has 0 radical (unpaired) electrons. The summed E-state index contributed by atoms with van der Waals surface area (Å²) < 4.78 is 0.